The van der Waals surface area contributed by atoms with Crippen molar-refractivity contribution in [2.45, 2.75) is 32.6 Å². The molecule has 0 amide bonds. The summed E-state index contributed by atoms with van der Waals surface area (Å²) >= 11 is 0. The number of piperidine rings is 1. The van der Waals surface area contributed by atoms with E-state index in [1.54, 1.807) is 0 Å². The average Bonchev–Trinajstić information content (AvgIpc) is 3.02. The van der Waals surface area contributed by atoms with Crippen LogP contribution in [0, 0.1) is 11.8 Å². The van der Waals surface area contributed by atoms with Crippen molar-refractivity contribution >= 4 is 29.9 Å². The summed E-state index contributed by atoms with van der Waals surface area (Å²) in [6.45, 7) is 9.86. The molecule has 0 aromatic heterocycles. The van der Waals surface area contributed by atoms with E-state index < -0.39 is 0 Å². The largest absolute Gasteiger partial charge is 0.381 e. The van der Waals surface area contributed by atoms with Crippen molar-refractivity contribution in [3.05, 3.63) is 0 Å². The maximum atomic E-state index is 5.39. The zero-order chi connectivity index (χ0) is 14.9. The van der Waals surface area contributed by atoms with Gasteiger partial charge in [-0.05, 0) is 51.2 Å². The Morgan fingerprint density at radius 2 is 2.00 bits per heavy atom. The van der Waals surface area contributed by atoms with Gasteiger partial charge in [-0.15, -0.1) is 24.0 Å². The smallest absolute Gasteiger partial charge is 0.190 e. The molecular weight excluding hydrogens is 391 g/mol. The van der Waals surface area contributed by atoms with Crippen LogP contribution in [-0.4, -0.2) is 63.8 Å². The predicted molar refractivity (Wildman–Crippen MR) is 103 cm³/mol. The Labute approximate surface area is 152 Å². The number of hydrogen-bond acceptors (Lipinski definition) is 3. The molecule has 2 fully saturated rings. The Hall–Kier alpha value is -0.0800. The van der Waals surface area contributed by atoms with Gasteiger partial charge >= 0.3 is 0 Å². The molecule has 2 heterocycles. The topological polar surface area (TPSA) is 48.9 Å². The molecule has 0 saturated carbocycles. The van der Waals surface area contributed by atoms with Gasteiger partial charge < -0.3 is 20.3 Å². The molecular formula is C16H33IN4O. The summed E-state index contributed by atoms with van der Waals surface area (Å²) in [5, 5.41) is 6.81. The zero-order valence-corrected chi connectivity index (χ0v) is 16.5. The number of halogens is 1. The van der Waals surface area contributed by atoms with Crippen molar-refractivity contribution in [3.8, 4) is 0 Å². The van der Waals surface area contributed by atoms with Gasteiger partial charge in [0.1, 0.15) is 0 Å². The normalized spacial score (nSPS) is 24.1. The van der Waals surface area contributed by atoms with Gasteiger partial charge in [-0.1, -0.05) is 6.92 Å². The maximum absolute atomic E-state index is 5.39. The molecule has 2 rings (SSSR count). The van der Waals surface area contributed by atoms with Gasteiger partial charge in [-0.25, -0.2) is 0 Å². The summed E-state index contributed by atoms with van der Waals surface area (Å²) in [5.74, 6) is 2.48. The second-order valence-corrected chi connectivity index (χ2v) is 6.49. The number of nitrogens with zero attached hydrogens (tertiary/aromatic N) is 2. The first-order chi connectivity index (χ1) is 10.3. The number of rotatable bonds is 6. The lowest BCUT2D eigenvalue weighted by atomic mass is 9.99. The second kappa shape index (κ2) is 11.5. The molecule has 2 aliphatic heterocycles. The lowest BCUT2D eigenvalue weighted by Crippen LogP contribution is -2.41. The van der Waals surface area contributed by atoms with E-state index >= 15 is 0 Å². The third-order valence-corrected chi connectivity index (χ3v) is 4.63. The van der Waals surface area contributed by atoms with Crippen molar-refractivity contribution in [1.29, 1.82) is 0 Å². The summed E-state index contributed by atoms with van der Waals surface area (Å²) in [5.41, 5.74) is 0. The van der Waals surface area contributed by atoms with Crippen LogP contribution in [0.3, 0.4) is 0 Å². The van der Waals surface area contributed by atoms with E-state index in [1.165, 1.54) is 38.9 Å². The van der Waals surface area contributed by atoms with Crippen molar-refractivity contribution in [3.63, 3.8) is 0 Å². The number of hydrogen-bond donors (Lipinski definition) is 2. The molecule has 6 heteroatoms. The summed E-state index contributed by atoms with van der Waals surface area (Å²) in [4.78, 5) is 6.87. The fraction of sp³-hybridized carbons (Fsp3) is 0.938. The van der Waals surface area contributed by atoms with E-state index in [9.17, 15) is 0 Å². The number of guanidine groups is 1. The van der Waals surface area contributed by atoms with Gasteiger partial charge in [0, 0.05) is 32.7 Å². The Kier molecular flexibility index (Phi) is 10.4. The van der Waals surface area contributed by atoms with Crippen LogP contribution in [0.4, 0.5) is 0 Å². The van der Waals surface area contributed by atoms with Crippen LogP contribution in [0.5, 0.6) is 0 Å². The average molecular weight is 424 g/mol. The standard InChI is InChI=1S/C16H32N4O.HI/c1-14-4-9-20(10-5-14)8-3-7-18-16(17-2)19-12-15-6-11-21-13-15;/h14-15H,3-13H2,1-2H3,(H2,17,18,19);1H. The molecule has 0 spiro atoms. The molecule has 0 aromatic carbocycles. The van der Waals surface area contributed by atoms with E-state index in [2.05, 4.69) is 27.4 Å². The molecule has 1 unspecified atom stereocenters. The molecule has 2 N–H and O–H groups in total. The van der Waals surface area contributed by atoms with Crippen LogP contribution >= 0.6 is 24.0 Å². The molecule has 2 aliphatic rings. The highest BCUT2D eigenvalue weighted by atomic mass is 127. The molecule has 5 nitrogen and oxygen atoms in total. The lowest BCUT2D eigenvalue weighted by Gasteiger charge is -2.30. The Morgan fingerprint density at radius 1 is 1.23 bits per heavy atom. The van der Waals surface area contributed by atoms with Gasteiger partial charge in [0.05, 0.1) is 6.61 Å². The van der Waals surface area contributed by atoms with Gasteiger partial charge in [0.15, 0.2) is 5.96 Å². The SMILES string of the molecule is CN=C(NCCCN1CCC(C)CC1)NCC1CCOC1.I. The predicted octanol–water partition coefficient (Wildman–Crippen LogP) is 1.93. The summed E-state index contributed by atoms with van der Waals surface area (Å²) < 4.78 is 5.39. The number of nitrogens with one attached hydrogen (secondary N) is 2. The second-order valence-electron chi connectivity index (χ2n) is 6.49. The molecule has 0 aliphatic carbocycles. The van der Waals surface area contributed by atoms with Gasteiger partial charge in [-0.2, -0.15) is 0 Å². The van der Waals surface area contributed by atoms with Crippen LogP contribution in [0.1, 0.15) is 32.6 Å². The fourth-order valence-corrected chi connectivity index (χ4v) is 3.00. The maximum Gasteiger partial charge on any atom is 0.190 e. The molecule has 2 saturated heterocycles. The highest BCUT2D eigenvalue weighted by molar-refractivity contribution is 14.0. The summed E-state index contributed by atoms with van der Waals surface area (Å²) in [6, 6.07) is 0. The lowest BCUT2D eigenvalue weighted by molar-refractivity contribution is 0.186. The van der Waals surface area contributed by atoms with Crippen molar-refractivity contribution in [2.75, 3.05) is 53.0 Å². The molecule has 130 valence electrons. The van der Waals surface area contributed by atoms with E-state index in [0.717, 1.165) is 44.6 Å². The highest BCUT2D eigenvalue weighted by Gasteiger charge is 2.16. The summed E-state index contributed by atoms with van der Waals surface area (Å²) in [6.07, 6.45) is 5.07. The van der Waals surface area contributed by atoms with E-state index in [4.69, 9.17) is 4.74 Å². The number of likely N-dealkylation sites (tertiary alicyclic amines) is 1. The summed E-state index contributed by atoms with van der Waals surface area (Å²) in [7, 11) is 1.84. The number of aliphatic imine (C=N–C) groups is 1. The van der Waals surface area contributed by atoms with E-state index in [0.29, 0.717) is 5.92 Å². The van der Waals surface area contributed by atoms with E-state index in [-0.39, 0.29) is 24.0 Å². The van der Waals surface area contributed by atoms with Gasteiger partial charge in [0.2, 0.25) is 0 Å². The van der Waals surface area contributed by atoms with Crippen molar-refractivity contribution < 1.29 is 4.74 Å². The fourth-order valence-electron chi connectivity index (χ4n) is 3.00. The Balaban J connectivity index is 0.00000242. The monoisotopic (exact) mass is 424 g/mol. The number of ether oxygens (including phenoxy) is 1. The molecule has 0 aromatic rings. The first-order valence-electron chi connectivity index (χ1n) is 8.52. The third kappa shape index (κ3) is 7.46. The molecule has 22 heavy (non-hydrogen) atoms. The van der Waals surface area contributed by atoms with Crippen LogP contribution in [0.25, 0.3) is 0 Å². The minimum absolute atomic E-state index is 0. The first kappa shape index (κ1) is 20.0. The van der Waals surface area contributed by atoms with Crippen LogP contribution in [0.15, 0.2) is 4.99 Å². The highest BCUT2D eigenvalue weighted by Crippen LogP contribution is 2.15. The van der Waals surface area contributed by atoms with Crippen molar-refractivity contribution in [2.24, 2.45) is 16.8 Å². The Morgan fingerprint density at radius 3 is 2.64 bits per heavy atom. The van der Waals surface area contributed by atoms with Gasteiger partial charge in [-0.3, -0.25) is 4.99 Å². The first-order valence-corrected chi connectivity index (χ1v) is 8.52. The van der Waals surface area contributed by atoms with Crippen LogP contribution < -0.4 is 10.6 Å². The molecule has 0 bridgehead atoms. The zero-order valence-electron chi connectivity index (χ0n) is 14.1. The quantitative estimate of drug-likeness (QED) is 0.296. The third-order valence-electron chi connectivity index (χ3n) is 4.63. The van der Waals surface area contributed by atoms with Crippen LogP contribution in [-0.2, 0) is 4.74 Å². The minimum atomic E-state index is 0. The molecule has 1 atom stereocenters. The molecule has 0 radical (unpaired) electrons. The van der Waals surface area contributed by atoms with E-state index in [1.807, 2.05) is 7.05 Å². The minimum Gasteiger partial charge on any atom is -0.381 e. The van der Waals surface area contributed by atoms with Crippen LogP contribution in [0.2, 0.25) is 0 Å². The Bertz CT molecular complexity index is 313. The van der Waals surface area contributed by atoms with Crippen molar-refractivity contribution in [1.82, 2.24) is 15.5 Å². The van der Waals surface area contributed by atoms with Gasteiger partial charge in [0.25, 0.3) is 0 Å².